The van der Waals surface area contributed by atoms with Crippen molar-refractivity contribution >= 4 is 15.9 Å². The van der Waals surface area contributed by atoms with Crippen LogP contribution in [0.4, 0.5) is 4.39 Å². The maximum absolute atomic E-state index is 13.4. The lowest BCUT2D eigenvalue weighted by atomic mass is 10.2. The minimum Gasteiger partial charge on any atom is -0.352 e. The van der Waals surface area contributed by atoms with E-state index in [0.717, 1.165) is 6.07 Å². The van der Waals surface area contributed by atoms with E-state index in [4.69, 9.17) is 0 Å². The molecule has 0 saturated carbocycles. The predicted octanol–water partition coefficient (Wildman–Crippen LogP) is 0.383. The lowest BCUT2D eigenvalue weighted by Crippen LogP contribution is -2.38. The molecule has 0 spiro atoms. The van der Waals surface area contributed by atoms with Crippen LogP contribution in [0.1, 0.15) is 12.8 Å². The maximum Gasteiger partial charge on any atom is 0.243 e. The van der Waals surface area contributed by atoms with E-state index in [1.54, 1.807) is 0 Å². The zero-order valence-electron chi connectivity index (χ0n) is 9.52. The molecular formula is C11H13FN2O3S. The minimum absolute atomic E-state index is 0.0718. The fourth-order valence-corrected chi connectivity index (χ4v) is 2.94. The van der Waals surface area contributed by atoms with Gasteiger partial charge in [0.15, 0.2) is 0 Å². The second-order valence-electron chi connectivity index (χ2n) is 4.09. The highest BCUT2D eigenvalue weighted by Gasteiger charge is 2.24. The highest BCUT2D eigenvalue weighted by molar-refractivity contribution is 7.89. The predicted molar refractivity (Wildman–Crippen MR) is 62.8 cm³/mol. The highest BCUT2D eigenvalue weighted by Crippen LogP contribution is 2.13. The Balaban J connectivity index is 2.04. The Morgan fingerprint density at radius 2 is 2.11 bits per heavy atom. The van der Waals surface area contributed by atoms with E-state index in [1.807, 2.05) is 0 Å². The zero-order valence-corrected chi connectivity index (χ0v) is 10.3. The average molecular weight is 272 g/mol. The molecule has 0 aromatic heterocycles. The number of carbonyl (C=O) groups excluding carboxylic acids is 1. The summed E-state index contributed by atoms with van der Waals surface area (Å²) in [5.74, 6) is -0.884. The quantitative estimate of drug-likeness (QED) is 0.832. The van der Waals surface area contributed by atoms with E-state index < -0.39 is 15.8 Å². The van der Waals surface area contributed by atoms with Gasteiger partial charge in [0.2, 0.25) is 15.9 Å². The summed E-state index contributed by atoms with van der Waals surface area (Å²) in [6.07, 6.45) is 0.977. The summed E-state index contributed by atoms with van der Waals surface area (Å²) in [7, 11) is -3.87. The van der Waals surface area contributed by atoms with Crippen molar-refractivity contribution in [1.82, 2.24) is 10.0 Å². The SMILES string of the molecule is O=C1CCC(CNS(=O)(=O)c2ccccc2F)N1. The van der Waals surface area contributed by atoms with Crippen molar-refractivity contribution in [3.8, 4) is 0 Å². The molecule has 0 radical (unpaired) electrons. The number of hydrogen-bond acceptors (Lipinski definition) is 3. The van der Waals surface area contributed by atoms with Crippen LogP contribution in [-0.2, 0) is 14.8 Å². The van der Waals surface area contributed by atoms with E-state index in [0.29, 0.717) is 12.8 Å². The number of rotatable bonds is 4. The molecule has 2 rings (SSSR count). The lowest BCUT2D eigenvalue weighted by Gasteiger charge is -2.12. The van der Waals surface area contributed by atoms with Crippen LogP contribution in [0.5, 0.6) is 0 Å². The molecule has 98 valence electrons. The largest absolute Gasteiger partial charge is 0.352 e. The van der Waals surface area contributed by atoms with Gasteiger partial charge in [-0.3, -0.25) is 4.79 Å². The Bertz CT molecular complexity index is 559. The molecule has 1 aromatic rings. The van der Waals surface area contributed by atoms with E-state index >= 15 is 0 Å². The van der Waals surface area contributed by atoms with Gasteiger partial charge in [-0.05, 0) is 18.6 Å². The van der Waals surface area contributed by atoms with Crippen molar-refractivity contribution in [3.05, 3.63) is 30.1 Å². The van der Waals surface area contributed by atoms with E-state index in [1.165, 1.54) is 18.2 Å². The molecule has 0 aliphatic carbocycles. The fraction of sp³-hybridized carbons (Fsp3) is 0.364. The fourth-order valence-electron chi connectivity index (χ4n) is 1.78. The van der Waals surface area contributed by atoms with E-state index in [9.17, 15) is 17.6 Å². The summed E-state index contributed by atoms with van der Waals surface area (Å²) in [4.78, 5) is 10.6. The van der Waals surface area contributed by atoms with Crippen molar-refractivity contribution < 1.29 is 17.6 Å². The molecule has 1 atom stereocenters. The number of halogens is 1. The van der Waals surface area contributed by atoms with Gasteiger partial charge in [0.1, 0.15) is 10.7 Å². The van der Waals surface area contributed by atoms with Gasteiger partial charge in [0, 0.05) is 19.0 Å². The van der Waals surface area contributed by atoms with Crippen LogP contribution >= 0.6 is 0 Å². The molecule has 7 heteroatoms. The number of carbonyl (C=O) groups is 1. The summed E-state index contributed by atoms with van der Waals surface area (Å²) in [5, 5.41) is 2.63. The van der Waals surface area contributed by atoms with Crippen LogP contribution in [0.3, 0.4) is 0 Å². The second kappa shape index (κ2) is 5.03. The third-order valence-corrected chi connectivity index (χ3v) is 4.19. The molecule has 1 heterocycles. The third kappa shape index (κ3) is 2.85. The molecular weight excluding hydrogens is 259 g/mol. The van der Waals surface area contributed by atoms with Gasteiger partial charge in [-0.15, -0.1) is 0 Å². The molecule has 1 aliphatic rings. The lowest BCUT2D eigenvalue weighted by molar-refractivity contribution is -0.119. The maximum atomic E-state index is 13.4. The van der Waals surface area contributed by atoms with E-state index in [-0.39, 0.29) is 23.4 Å². The van der Waals surface area contributed by atoms with Gasteiger partial charge in [-0.2, -0.15) is 0 Å². The number of benzene rings is 1. The topological polar surface area (TPSA) is 75.3 Å². The van der Waals surface area contributed by atoms with Crippen molar-refractivity contribution in [3.63, 3.8) is 0 Å². The molecule has 5 nitrogen and oxygen atoms in total. The Morgan fingerprint density at radius 1 is 1.39 bits per heavy atom. The van der Waals surface area contributed by atoms with Crippen molar-refractivity contribution in [2.75, 3.05) is 6.54 Å². The monoisotopic (exact) mass is 272 g/mol. The number of nitrogens with one attached hydrogen (secondary N) is 2. The first-order valence-corrected chi connectivity index (χ1v) is 7.01. The Morgan fingerprint density at radius 3 is 2.72 bits per heavy atom. The van der Waals surface area contributed by atoms with Gasteiger partial charge in [0.05, 0.1) is 0 Å². The third-order valence-electron chi connectivity index (χ3n) is 2.73. The minimum atomic E-state index is -3.87. The van der Waals surface area contributed by atoms with Gasteiger partial charge < -0.3 is 5.32 Å². The summed E-state index contributed by atoms with van der Waals surface area (Å²) in [5.41, 5.74) is 0. The molecule has 0 bridgehead atoms. The number of sulfonamides is 1. The Kier molecular flexibility index (Phi) is 3.63. The molecule has 1 unspecified atom stereocenters. The van der Waals surface area contributed by atoms with Crippen LogP contribution in [0.25, 0.3) is 0 Å². The highest BCUT2D eigenvalue weighted by atomic mass is 32.2. The van der Waals surface area contributed by atoms with Crippen LogP contribution in [0.15, 0.2) is 29.2 Å². The van der Waals surface area contributed by atoms with Gasteiger partial charge in [0.25, 0.3) is 0 Å². The summed E-state index contributed by atoms with van der Waals surface area (Å²) in [6, 6.07) is 4.94. The van der Waals surface area contributed by atoms with Gasteiger partial charge >= 0.3 is 0 Å². The van der Waals surface area contributed by atoms with Crippen LogP contribution in [0.2, 0.25) is 0 Å². The van der Waals surface area contributed by atoms with Gasteiger partial charge in [-0.1, -0.05) is 12.1 Å². The van der Waals surface area contributed by atoms with Crippen molar-refractivity contribution in [2.45, 2.75) is 23.8 Å². The van der Waals surface area contributed by atoms with Gasteiger partial charge in [-0.25, -0.2) is 17.5 Å². The summed E-state index contributed by atoms with van der Waals surface area (Å²) >= 11 is 0. The average Bonchev–Trinajstić information content (AvgIpc) is 2.73. The molecule has 1 fully saturated rings. The number of amides is 1. The Labute approximate surface area is 104 Å². The van der Waals surface area contributed by atoms with E-state index in [2.05, 4.69) is 10.0 Å². The standard InChI is InChI=1S/C11H13FN2O3S/c12-9-3-1-2-4-10(9)18(16,17)13-7-8-5-6-11(15)14-8/h1-4,8,13H,5-7H2,(H,14,15). The van der Waals surface area contributed by atoms with Crippen LogP contribution in [-0.4, -0.2) is 26.9 Å². The molecule has 2 N–H and O–H groups in total. The molecule has 1 aromatic carbocycles. The first-order valence-electron chi connectivity index (χ1n) is 5.52. The normalized spacial score (nSPS) is 19.8. The first-order chi connectivity index (χ1) is 8.49. The first kappa shape index (κ1) is 13.0. The summed E-state index contributed by atoms with van der Waals surface area (Å²) in [6.45, 7) is 0.0718. The van der Waals surface area contributed by atoms with Crippen LogP contribution < -0.4 is 10.0 Å². The van der Waals surface area contributed by atoms with Crippen molar-refractivity contribution in [2.24, 2.45) is 0 Å². The Hall–Kier alpha value is -1.47. The number of hydrogen-bond donors (Lipinski definition) is 2. The van der Waals surface area contributed by atoms with Crippen LogP contribution in [0, 0.1) is 5.82 Å². The smallest absolute Gasteiger partial charge is 0.243 e. The molecule has 1 aliphatic heterocycles. The molecule has 18 heavy (non-hydrogen) atoms. The molecule has 1 amide bonds. The van der Waals surface area contributed by atoms with Crippen molar-refractivity contribution in [1.29, 1.82) is 0 Å². The summed E-state index contributed by atoms with van der Waals surface area (Å²) < 4.78 is 39.3. The second-order valence-corrected chi connectivity index (χ2v) is 5.82. The zero-order chi connectivity index (χ0) is 13.2. The molecule has 1 saturated heterocycles.